The van der Waals surface area contributed by atoms with Crippen molar-refractivity contribution < 1.29 is 9.16 Å². The van der Waals surface area contributed by atoms with E-state index >= 15 is 0 Å². The van der Waals surface area contributed by atoms with Gasteiger partial charge >= 0.3 is 9.36 Å². The molecule has 5 heteroatoms. The molecule has 0 unspecified atom stereocenters. The summed E-state index contributed by atoms with van der Waals surface area (Å²) in [6, 6.07) is 0.918. The lowest BCUT2D eigenvalue weighted by atomic mass is 10.4. The van der Waals surface area contributed by atoms with Gasteiger partial charge in [0.05, 0.1) is 13.2 Å². The predicted molar refractivity (Wildman–Crippen MR) is 61.5 cm³/mol. The van der Waals surface area contributed by atoms with Crippen LogP contribution in [-0.4, -0.2) is 41.8 Å². The van der Waals surface area contributed by atoms with Gasteiger partial charge in [0.15, 0.2) is 0 Å². The second-order valence-electron chi connectivity index (χ2n) is 3.89. The normalized spacial score (nSPS) is 12.0. The Labute approximate surface area is 89.2 Å². The second kappa shape index (κ2) is 8.37. The van der Waals surface area contributed by atoms with Crippen LogP contribution < -0.4 is 9.96 Å². The maximum atomic E-state index is 5.70. The van der Waals surface area contributed by atoms with Gasteiger partial charge in [-0.25, -0.2) is 0 Å². The third-order valence-corrected chi connectivity index (χ3v) is 4.05. The van der Waals surface area contributed by atoms with Gasteiger partial charge in [-0.3, -0.25) is 0 Å². The predicted octanol–water partition coefficient (Wildman–Crippen LogP) is 0.363. The Balaban J connectivity index is 3.72. The largest absolute Gasteiger partial charge is 0.392 e. The number of nitrogens with one attached hydrogen (secondary N) is 2. The van der Waals surface area contributed by atoms with Gasteiger partial charge in [-0.05, 0) is 12.1 Å². The van der Waals surface area contributed by atoms with E-state index in [2.05, 4.69) is 37.7 Å². The minimum absolute atomic E-state index is 0.459. The van der Waals surface area contributed by atoms with Gasteiger partial charge in [-0.15, -0.1) is 0 Å². The molecule has 0 aliphatic heterocycles. The van der Waals surface area contributed by atoms with Gasteiger partial charge in [-0.1, -0.05) is 27.7 Å². The van der Waals surface area contributed by atoms with Gasteiger partial charge in [0.1, 0.15) is 0 Å². The van der Waals surface area contributed by atoms with E-state index in [1.807, 2.05) is 0 Å². The van der Waals surface area contributed by atoms with Crippen molar-refractivity contribution in [3.63, 3.8) is 0 Å². The van der Waals surface area contributed by atoms with Crippen LogP contribution in [0.25, 0.3) is 0 Å². The third-order valence-electron chi connectivity index (χ3n) is 1.54. The first-order valence-electron chi connectivity index (χ1n) is 5.19. The smallest absolute Gasteiger partial charge is 0.335 e. The average Bonchev–Trinajstić information content (AvgIpc) is 2.02. The van der Waals surface area contributed by atoms with Gasteiger partial charge in [0.2, 0.25) is 0 Å². The number of rotatable bonds is 8. The summed E-state index contributed by atoms with van der Waals surface area (Å²) in [5, 5.41) is 0. The van der Waals surface area contributed by atoms with E-state index in [0.29, 0.717) is 25.3 Å². The molecule has 2 N–H and O–H groups in total. The van der Waals surface area contributed by atoms with Crippen LogP contribution in [0, 0.1) is 0 Å². The topological polar surface area (TPSA) is 42.5 Å². The molecule has 86 valence electrons. The van der Waals surface area contributed by atoms with E-state index in [4.69, 9.17) is 9.16 Å². The molecular weight excluding hydrogens is 196 g/mol. The van der Waals surface area contributed by atoms with Gasteiger partial charge < -0.3 is 19.1 Å². The summed E-state index contributed by atoms with van der Waals surface area (Å²) in [4.78, 5) is 6.84. The molecule has 0 aliphatic rings. The minimum Gasteiger partial charge on any atom is -0.392 e. The zero-order valence-electron chi connectivity index (χ0n) is 9.96. The van der Waals surface area contributed by atoms with Crippen LogP contribution >= 0.6 is 0 Å². The molecule has 0 heterocycles. The highest BCUT2D eigenvalue weighted by atomic mass is 28.3. The molecule has 0 aromatic rings. The van der Waals surface area contributed by atoms with Crippen LogP contribution in [0.5, 0.6) is 0 Å². The van der Waals surface area contributed by atoms with E-state index in [1.54, 1.807) is 7.11 Å². The Bertz CT molecular complexity index is 124. The maximum Gasteiger partial charge on any atom is 0.335 e. The van der Waals surface area contributed by atoms with Crippen molar-refractivity contribution in [1.82, 2.24) is 9.96 Å². The fourth-order valence-electron chi connectivity index (χ4n) is 0.999. The standard InChI is InChI=1S/C9H24N2O2Si/c1-8(2)10-14(11-9(3)4)13-7-6-12-5/h8-11,14H,6-7H2,1-5H3. The van der Waals surface area contributed by atoms with Crippen molar-refractivity contribution in [2.24, 2.45) is 0 Å². The molecule has 0 radical (unpaired) electrons. The fourth-order valence-corrected chi connectivity index (χ4v) is 2.83. The van der Waals surface area contributed by atoms with E-state index in [-0.39, 0.29) is 0 Å². The maximum absolute atomic E-state index is 5.70. The Morgan fingerprint density at radius 1 is 1.00 bits per heavy atom. The van der Waals surface area contributed by atoms with Crippen molar-refractivity contribution in [1.29, 1.82) is 0 Å². The molecule has 0 bridgehead atoms. The van der Waals surface area contributed by atoms with Crippen LogP contribution in [0.1, 0.15) is 27.7 Å². The lowest BCUT2D eigenvalue weighted by Crippen LogP contribution is -2.55. The first-order chi connectivity index (χ1) is 6.56. The fraction of sp³-hybridized carbons (Fsp3) is 1.00. The van der Waals surface area contributed by atoms with Crippen molar-refractivity contribution in [2.45, 2.75) is 39.8 Å². The number of hydrogen-bond acceptors (Lipinski definition) is 4. The molecule has 0 amide bonds. The first kappa shape index (κ1) is 14.1. The SMILES string of the molecule is COCCO[SiH](NC(C)C)NC(C)C. The zero-order valence-corrected chi connectivity index (χ0v) is 11.1. The monoisotopic (exact) mass is 220 g/mol. The van der Waals surface area contributed by atoms with Crippen molar-refractivity contribution in [2.75, 3.05) is 20.3 Å². The molecule has 0 rings (SSSR count). The third kappa shape index (κ3) is 8.65. The van der Waals surface area contributed by atoms with E-state index in [1.165, 1.54) is 0 Å². The summed E-state index contributed by atoms with van der Waals surface area (Å²) in [5.41, 5.74) is 0. The van der Waals surface area contributed by atoms with Crippen molar-refractivity contribution in [3.05, 3.63) is 0 Å². The summed E-state index contributed by atoms with van der Waals surface area (Å²) in [6.45, 7) is 9.82. The Hall–Kier alpha value is 0.0569. The van der Waals surface area contributed by atoms with Crippen molar-refractivity contribution >= 4 is 9.36 Å². The number of methoxy groups -OCH3 is 1. The summed E-state index contributed by atoms with van der Waals surface area (Å²) in [7, 11) is 0.225. The summed E-state index contributed by atoms with van der Waals surface area (Å²) in [5.74, 6) is 0. The van der Waals surface area contributed by atoms with Crippen molar-refractivity contribution in [3.8, 4) is 0 Å². The van der Waals surface area contributed by atoms with E-state index < -0.39 is 9.36 Å². The van der Waals surface area contributed by atoms with Gasteiger partial charge in [0, 0.05) is 7.11 Å². The summed E-state index contributed by atoms with van der Waals surface area (Å²) in [6.07, 6.45) is 0. The van der Waals surface area contributed by atoms with Crippen LogP contribution in [0.2, 0.25) is 0 Å². The molecule has 14 heavy (non-hydrogen) atoms. The van der Waals surface area contributed by atoms with Crippen LogP contribution in [-0.2, 0) is 9.16 Å². The molecule has 0 aromatic heterocycles. The average molecular weight is 220 g/mol. The first-order valence-corrected chi connectivity index (χ1v) is 6.81. The summed E-state index contributed by atoms with van der Waals surface area (Å²) >= 11 is 0. The molecule has 0 fully saturated rings. The molecular formula is C9H24N2O2Si. The molecule has 0 aromatic carbocycles. The molecule has 0 saturated heterocycles. The van der Waals surface area contributed by atoms with Crippen LogP contribution in [0.3, 0.4) is 0 Å². The highest BCUT2D eigenvalue weighted by Gasteiger charge is 2.14. The molecule has 4 nitrogen and oxygen atoms in total. The molecule has 0 aliphatic carbocycles. The van der Waals surface area contributed by atoms with Gasteiger partial charge in [0.25, 0.3) is 0 Å². The highest BCUT2D eigenvalue weighted by Crippen LogP contribution is 1.87. The lowest BCUT2D eigenvalue weighted by Gasteiger charge is -2.22. The van der Waals surface area contributed by atoms with Crippen LogP contribution in [0.15, 0.2) is 0 Å². The number of ether oxygens (including phenoxy) is 1. The Morgan fingerprint density at radius 2 is 1.50 bits per heavy atom. The Kier molecular flexibility index (Phi) is 8.41. The number of hydrogen-bond donors (Lipinski definition) is 2. The molecule has 0 saturated carbocycles. The molecule has 0 atom stereocenters. The molecule has 0 spiro atoms. The quantitative estimate of drug-likeness (QED) is 0.458. The zero-order chi connectivity index (χ0) is 11.0. The van der Waals surface area contributed by atoms with E-state index in [0.717, 1.165) is 0 Å². The van der Waals surface area contributed by atoms with E-state index in [9.17, 15) is 0 Å². The van der Waals surface area contributed by atoms with Gasteiger partial charge in [-0.2, -0.15) is 0 Å². The second-order valence-corrected chi connectivity index (χ2v) is 5.65. The Morgan fingerprint density at radius 3 is 1.86 bits per heavy atom. The highest BCUT2D eigenvalue weighted by molar-refractivity contribution is 6.46. The van der Waals surface area contributed by atoms with Crippen LogP contribution in [0.4, 0.5) is 0 Å². The minimum atomic E-state index is -1.46. The summed E-state index contributed by atoms with van der Waals surface area (Å²) < 4.78 is 10.6. The lowest BCUT2D eigenvalue weighted by molar-refractivity contribution is 0.141.